The maximum Gasteiger partial charge on any atom is 0.245 e. The molecule has 0 atom stereocenters. The Hall–Kier alpha value is -1.48. The lowest BCUT2D eigenvalue weighted by atomic mass is 10.2. The molecule has 1 aromatic rings. The Morgan fingerprint density at radius 1 is 1.39 bits per heavy atom. The van der Waals surface area contributed by atoms with Crippen molar-refractivity contribution in [1.29, 1.82) is 0 Å². The number of hydrogen-bond acceptors (Lipinski definition) is 3. The van der Waals surface area contributed by atoms with Crippen LogP contribution in [-0.4, -0.2) is 19.0 Å². The topological polar surface area (TPSA) is 35.5 Å². The fraction of sp³-hybridized carbons (Fsp3) is 0.357. The number of ether oxygens (including phenoxy) is 2. The van der Waals surface area contributed by atoms with Gasteiger partial charge in [0.15, 0.2) is 11.5 Å². The molecule has 0 aliphatic heterocycles. The second-order valence-corrected chi connectivity index (χ2v) is 4.12. The highest BCUT2D eigenvalue weighted by atomic mass is 35.5. The first-order valence-corrected chi connectivity index (χ1v) is 6.23. The zero-order valence-corrected chi connectivity index (χ0v) is 11.4. The summed E-state index contributed by atoms with van der Waals surface area (Å²) in [5.74, 6) is 1.36. The van der Waals surface area contributed by atoms with E-state index in [0.29, 0.717) is 18.1 Å². The van der Waals surface area contributed by atoms with Crippen LogP contribution in [0, 0.1) is 0 Å². The van der Waals surface area contributed by atoms with Crippen molar-refractivity contribution in [3.63, 3.8) is 0 Å². The molecule has 98 valence electrons. The van der Waals surface area contributed by atoms with Crippen LogP contribution in [0.25, 0.3) is 6.08 Å². The Balaban J connectivity index is 2.79. The van der Waals surface area contributed by atoms with Gasteiger partial charge in [-0.3, -0.25) is 4.79 Å². The van der Waals surface area contributed by atoms with Crippen molar-refractivity contribution in [3.05, 3.63) is 29.8 Å². The molecule has 0 N–H and O–H groups in total. The highest BCUT2D eigenvalue weighted by molar-refractivity contribution is 6.66. The van der Waals surface area contributed by atoms with Gasteiger partial charge in [0.25, 0.3) is 0 Å². The van der Waals surface area contributed by atoms with E-state index < -0.39 is 5.24 Å². The van der Waals surface area contributed by atoms with Crippen LogP contribution in [0.5, 0.6) is 11.5 Å². The summed E-state index contributed by atoms with van der Waals surface area (Å²) in [5.41, 5.74) is 0.837. The summed E-state index contributed by atoms with van der Waals surface area (Å²) in [6.07, 6.45) is 5.02. The van der Waals surface area contributed by atoms with E-state index in [1.54, 1.807) is 19.3 Å². The van der Waals surface area contributed by atoms with Gasteiger partial charge in [0, 0.05) is 0 Å². The molecule has 0 radical (unpaired) electrons. The SMILES string of the molecule is CCCCOc1ccc(/C=C/C(=O)Cl)cc1OC. The van der Waals surface area contributed by atoms with E-state index in [-0.39, 0.29) is 0 Å². The first-order chi connectivity index (χ1) is 8.67. The van der Waals surface area contributed by atoms with Gasteiger partial charge in [0.05, 0.1) is 13.7 Å². The molecule has 0 aliphatic carbocycles. The molecule has 0 heterocycles. The maximum atomic E-state index is 10.6. The summed E-state index contributed by atoms with van der Waals surface area (Å²) in [4.78, 5) is 10.6. The van der Waals surface area contributed by atoms with E-state index in [4.69, 9.17) is 21.1 Å². The minimum absolute atomic E-state index is 0.503. The van der Waals surface area contributed by atoms with Crippen molar-refractivity contribution < 1.29 is 14.3 Å². The van der Waals surface area contributed by atoms with Crippen molar-refractivity contribution in [2.24, 2.45) is 0 Å². The fourth-order valence-electron chi connectivity index (χ4n) is 1.40. The van der Waals surface area contributed by atoms with Gasteiger partial charge in [-0.1, -0.05) is 25.5 Å². The van der Waals surface area contributed by atoms with E-state index in [1.165, 1.54) is 6.08 Å². The Kier molecular flexibility index (Phi) is 6.29. The van der Waals surface area contributed by atoms with Crippen molar-refractivity contribution in [2.75, 3.05) is 13.7 Å². The second kappa shape index (κ2) is 7.77. The lowest BCUT2D eigenvalue weighted by molar-refractivity contribution is -0.107. The van der Waals surface area contributed by atoms with Crippen LogP contribution < -0.4 is 9.47 Å². The molecule has 18 heavy (non-hydrogen) atoms. The van der Waals surface area contributed by atoms with E-state index >= 15 is 0 Å². The number of carbonyl (C=O) groups excluding carboxylic acids is 1. The molecule has 4 heteroatoms. The molecule has 0 fully saturated rings. The largest absolute Gasteiger partial charge is 0.493 e. The maximum absolute atomic E-state index is 10.6. The second-order valence-electron chi connectivity index (χ2n) is 3.75. The molecule has 0 saturated carbocycles. The number of halogens is 1. The predicted molar refractivity (Wildman–Crippen MR) is 73.3 cm³/mol. The first kappa shape index (κ1) is 14.6. The summed E-state index contributed by atoms with van der Waals surface area (Å²) in [5, 5.41) is -0.503. The van der Waals surface area contributed by atoms with Gasteiger partial charge in [-0.25, -0.2) is 0 Å². The molecule has 3 nitrogen and oxygen atoms in total. The summed E-state index contributed by atoms with van der Waals surface area (Å²) in [7, 11) is 1.59. The third kappa shape index (κ3) is 4.80. The summed E-state index contributed by atoms with van der Waals surface area (Å²) < 4.78 is 10.9. The third-order valence-corrected chi connectivity index (χ3v) is 2.48. The molecule has 1 aromatic carbocycles. The molecule has 0 bridgehead atoms. The van der Waals surface area contributed by atoms with Gasteiger partial charge in [0.2, 0.25) is 5.24 Å². The zero-order chi connectivity index (χ0) is 13.4. The molecule has 0 aliphatic rings. The van der Waals surface area contributed by atoms with Gasteiger partial charge >= 0.3 is 0 Å². The fourth-order valence-corrected chi connectivity index (χ4v) is 1.46. The third-order valence-electron chi connectivity index (χ3n) is 2.35. The van der Waals surface area contributed by atoms with E-state index in [0.717, 1.165) is 18.4 Å². The number of rotatable bonds is 7. The molecule has 0 saturated heterocycles. The lowest BCUT2D eigenvalue weighted by Gasteiger charge is -2.10. The molecular formula is C14H17ClO3. The quantitative estimate of drug-likeness (QED) is 0.430. The lowest BCUT2D eigenvalue weighted by Crippen LogP contribution is -1.98. The van der Waals surface area contributed by atoms with E-state index in [1.807, 2.05) is 12.1 Å². The van der Waals surface area contributed by atoms with Crippen LogP contribution in [0.15, 0.2) is 24.3 Å². The van der Waals surface area contributed by atoms with Gasteiger partial charge < -0.3 is 9.47 Å². The summed E-state index contributed by atoms with van der Waals surface area (Å²) in [6.45, 7) is 2.78. The van der Waals surface area contributed by atoms with Gasteiger partial charge in [0.1, 0.15) is 0 Å². The molecule has 0 amide bonds. The Labute approximate surface area is 112 Å². The number of hydrogen-bond donors (Lipinski definition) is 0. The molecule has 0 unspecified atom stereocenters. The van der Waals surface area contributed by atoms with Crippen LogP contribution in [0.2, 0.25) is 0 Å². The first-order valence-electron chi connectivity index (χ1n) is 5.85. The Morgan fingerprint density at radius 2 is 2.17 bits per heavy atom. The molecule has 0 aromatic heterocycles. The average molecular weight is 269 g/mol. The molecule has 1 rings (SSSR count). The monoisotopic (exact) mass is 268 g/mol. The number of unbranched alkanes of at least 4 members (excludes halogenated alkanes) is 1. The van der Waals surface area contributed by atoms with Crippen molar-refractivity contribution in [1.82, 2.24) is 0 Å². The number of carbonyl (C=O) groups is 1. The summed E-state index contributed by atoms with van der Waals surface area (Å²) >= 11 is 5.24. The zero-order valence-electron chi connectivity index (χ0n) is 10.6. The smallest absolute Gasteiger partial charge is 0.245 e. The van der Waals surface area contributed by atoms with Crippen molar-refractivity contribution in [2.45, 2.75) is 19.8 Å². The minimum Gasteiger partial charge on any atom is -0.493 e. The minimum atomic E-state index is -0.503. The van der Waals surface area contributed by atoms with Crippen LogP contribution in [-0.2, 0) is 4.79 Å². The van der Waals surface area contributed by atoms with E-state index in [9.17, 15) is 4.79 Å². The van der Waals surface area contributed by atoms with Gasteiger partial charge in [-0.15, -0.1) is 0 Å². The Bertz CT molecular complexity index is 427. The molecule has 0 spiro atoms. The number of allylic oxidation sites excluding steroid dienone is 1. The van der Waals surface area contributed by atoms with Gasteiger partial charge in [-0.05, 0) is 41.8 Å². The van der Waals surface area contributed by atoms with Crippen LogP contribution >= 0.6 is 11.6 Å². The predicted octanol–water partition coefficient (Wildman–Crippen LogP) is 3.65. The van der Waals surface area contributed by atoms with Crippen LogP contribution in [0.1, 0.15) is 25.3 Å². The standard InChI is InChI=1S/C14H17ClO3/c1-3-4-9-18-12-7-5-11(6-8-14(15)16)10-13(12)17-2/h5-8,10H,3-4,9H2,1-2H3/b8-6+. The summed E-state index contributed by atoms with van der Waals surface area (Å²) in [6, 6.07) is 5.48. The number of benzene rings is 1. The highest BCUT2D eigenvalue weighted by Crippen LogP contribution is 2.28. The highest BCUT2D eigenvalue weighted by Gasteiger charge is 2.04. The van der Waals surface area contributed by atoms with Crippen molar-refractivity contribution in [3.8, 4) is 11.5 Å². The van der Waals surface area contributed by atoms with E-state index in [2.05, 4.69) is 6.92 Å². The van der Waals surface area contributed by atoms with Crippen LogP contribution in [0.3, 0.4) is 0 Å². The normalized spacial score (nSPS) is 10.6. The van der Waals surface area contributed by atoms with Crippen molar-refractivity contribution >= 4 is 22.9 Å². The number of methoxy groups -OCH3 is 1. The van der Waals surface area contributed by atoms with Gasteiger partial charge in [-0.2, -0.15) is 0 Å². The average Bonchev–Trinajstić information content (AvgIpc) is 2.37. The Morgan fingerprint density at radius 3 is 2.78 bits per heavy atom. The molecular weight excluding hydrogens is 252 g/mol. The van der Waals surface area contributed by atoms with Crippen LogP contribution in [0.4, 0.5) is 0 Å².